The number of ether oxygens (including phenoxy) is 2. The minimum atomic E-state index is -0.989. The number of ketones is 1. The first kappa shape index (κ1) is 12.8. The maximum Gasteiger partial charge on any atom is 0.259 e. The molecule has 2 N–H and O–H groups in total. The van der Waals surface area contributed by atoms with Crippen LogP contribution in [-0.2, 0) is 9.53 Å². The lowest BCUT2D eigenvalue weighted by molar-refractivity contribution is -0.116. The molecule has 6 heteroatoms. The molecule has 1 fully saturated rings. The number of epoxide rings is 1. The van der Waals surface area contributed by atoms with Crippen molar-refractivity contribution < 1.29 is 24.2 Å². The topological polar surface area (TPSA) is 88.2 Å². The second-order valence-electron chi connectivity index (χ2n) is 4.62. The number of aliphatic hydroxyl groups is 1. The lowest BCUT2D eigenvalue weighted by Crippen LogP contribution is -2.37. The Bertz CT molecular complexity index is 609. The molecule has 1 heterocycles. The summed E-state index contributed by atoms with van der Waals surface area (Å²) in [7, 11) is 1.47. The Kier molecular flexibility index (Phi) is 3.04. The van der Waals surface area contributed by atoms with E-state index in [2.05, 4.69) is 5.32 Å². The second-order valence-corrected chi connectivity index (χ2v) is 4.62. The van der Waals surface area contributed by atoms with Gasteiger partial charge in [0.25, 0.3) is 5.91 Å². The van der Waals surface area contributed by atoms with Crippen molar-refractivity contribution in [3.8, 4) is 5.75 Å². The summed E-state index contributed by atoms with van der Waals surface area (Å²) in [5.41, 5.74) is 0.485. The van der Waals surface area contributed by atoms with Crippen LogP contribution in [0, 0.1) is 0 Å². The molecule has 0 spiro atoms. The molecule has 0 aromatic heterocycles. The molecule has 1 aromatic carbocycles. The van der Waals surface area contributed by atoms with Gasteiger partial charge in [0.15, 0.2) is 5.78 Å². The summed E-state index contributed by atoms with van der Waals surface area (Å²) < 4.78 is 10.1. The van der Waals surface area contributed by atoms with Gasteiger partial charge < -0.3 is 19.9 Å². The van der Waals surface area contributed by atoms with Gasteiger partial charge in [0.05, 0.1) is 18.4 Å². The highest BCUT2D eigenvalue weighted by Crippen LogP contribution is 2.33. The molecule has 3 atom stereocenters. The molecule has 1 saturated heterocycles. The smallest absolute Gasteiger partial charge is 0.259 e. The largest absolute Gasteiger partial charge is 0.496 e. The fourth-order valence-electron chi connectivity index (χ4n) is 2.23. The van der Waals surface area contributed by atoms with Crippen LogP contribution < -0.4 is 10.1 Å². The third-order valence-corrected chi connectivity index (χ3v) is 3.34. The number of methoxy groups -OCH3 is 1. The Balaban J connectivity index is 1.81. The van der Waals surface area contributed by atoms with Crippen molar-refractivity contribution in [1.82, 2.24) is 5.32 Å². The van der Waals surface area contributed by atoms with Gasteiger partial charge in [-0.25, -0.2) is 0 Å². The van der Waals surface area contributed by atoms with Crippen LogP contribution in [-0.4, -0.2) is 42.2 Å². The van der Waals surface area contributed by atoms with Crippen LogP contribution >= 0.6 is 0 Å². The first-order valence-corrected chi connectivity index (χ1v) is 6.15. The number of para-hydroxylation sites is 1. The number of nitrogens with one attached hydrogen (secondary N) is 1. The second kappa shape index (κ2) is 4.73. The van der Waals surface area contributed by atoms with Gasteiger partial charge in [0.2, 0.25) is 0 Å². The van der Waals surface area contributed by atoms with Crippen molar-refractivity contribution in [2.75, 3.05) is 7.11 Å². The molecule has 1 amide bonds. The molecule has 1 aliphatic heterocycles. The number of hydrogen-bond donors (Lipinski definition) is 2. The van der Waals surface area contributed by atoms with Crippen molar-refractivity contribution in [1.29, 1.82) is 0 Å². The summed E-state index contributed by atoms with van der Waals surface area (Å²) in [6, 6.07) is 6.71. The molecule has 0 saturated carbocycles. The Labute approximate surface area is 115 Å². The van der Waals surface area contributed by atoms with E-state index in [1.807, 2.05) is 0 Å². The minimum absolute atomic E-state index is 0.157. The van der Waals surface area contributed by atoms with E-state index in [9.17, 15) is 14.7 Å². The maximum absolute atomic E-state index is 12.2. The van der Waals surface area contributed by atoms with E-state index in [1.165, 1.54) is 13.2 Å². The van der Waals surface area contributed by atoms with Gasteiger partial charge in [-0.3, -0.25) is 9.59 Å². The number of hydrogen-bond acceptors (Lipinski definition) is 5. The molecule has 104 valence electrons. The molecule has 0 radical (unpaired) electrons. The van der Waals surface area contributed by atoms with Crippen molar-refractivity contribution in [2.45, 2.75) is 18.3 Å². The average molecular weight is 275 g/mol. The highest BCUT2D eigenvalue weighted by Gasteiger charge is 2.53. The molecule has 0 unspecified atom stereocenters. The molecule has 20 heavy (non-hydrogen) atoms. The summed E-state index contributed by atoms with van der Waals surface area (Å²) in [4.78, 5) is 23.7. The third kappa shape index (κ3) is 2.09. The molecule has 2 aliphatic rings. The average Bonchev–Trinajstić information content (AvgIpc) is 3.25. The standard InChI is InChI=1S/C14H13NO5/c1-19-10-5-3-2-4-7(10)14(18)15-8-6-9(16)12-13(20-12)11(8)17/h2-6,11-13,17H,1H3,(H,15,18)/t11-,12+,13-/m0/s1. The number of carbonyl (C=O) groups excluding carboxylic acids is 2. The zero-order valence-corrected chi connectivity index (χ0v) is 10.7. The zero-order chi connectivity index (χ0) is 14.3. The van der Waals surface area contributed by atoms with Crippen LogP contribution in [0.25, 0.3) is 0 Å². The predicted octanol–water partition coefficient (Wildman–Crippen LogP) is 0.0199. The summed E-state index contributed by atoms with van der Waals surface area (Å²) >= 11 is 0. The minimum Gasteiger partial charge on any atom is -0.496 e. The molecular weight excluding hydrogens is 262 g/mol. The normalized spacial score (nSPS) is 27.4. The quantitative estimate of drug-likeness (QED) is 0.759. The zero-order valence-electron chi connectivity index (χ0n) is 10.7. The fourth-order valence-corrected chi connectivity index (χ4v) is 2.23. The van der Waals surface area contributed by atoms with Crippen LogP contribution in [0.4, 0.5) is 0 Å². The SMILES string of the molecule is COc1ccccc1C(=O)NC1=CC(=O)[C@H]2O[C@H]2[C@H]1O. The van der Waals surface area contributed by atoms with Crippen LogP contribution in [0.3, 0.4) is 0 Å². The molecule has 3 rings (SSSR count). The summed E-state index contributed by atoms with van der Waals surface area (Å²) in [5, 5.41) is 12.5. The highest BCUT2D eigenvalue weighted by atomic mass is 16.6. The van der Waals surface area contributed by atoms with Crippen LogP contribution in [0.2, 0.25) is 0 Å². The van der Waals surface area contributed by atoms with Crippen LogP contribution in [0.15, 0.2) is 36.0 Å². The Morgan fingerprint density at radius 3 is 2.90 bits per heavy atom. The van der Waals surface area contributed by atoms with Crippen LogP contribution in [0.5, 0.6) is 5.75 Å². The number of carbonyl (C=O) groups is 2. The summed E-state index contributed by atoms with van der Waals surface area (Å²) in [6.07, 6.45) is -0.875. The Morgan fingerprint density at radius 2 is 2.15 bits per heavy atom. The third-order valence-electron chi connectivity index (χ3n) is 3.34. The number of amides is 1. The van der Waals surface area contributed by atoms with Gasteiger partial charge in [-0.15, -0.1) is 0 Å². The van der Waals surface area contributed by atoms with Gasteiger partial charge in [0, 0.05) is 6.08 Å². The predicted molar refractivity (Wildman–Crippen MR) is 68.2 cm³/mol. The number of aliphatic hydroxyl groups excluding tert-OH is 1. The van der Waals surface area contributed by atoms with Crippen molar-refractivity contribution in [2.24, 2.45) is 0 Å². The molecule has 1 aromatic rings. The van der Waals surface area contributed by atoms with Crippen molar-refractivity contribution in [3.05, 3.63) is 41.6 Å². The number of fused-ring (bicyclic) bond motifs is 1. The first-order chi connectivity index (χ1) is 9.61. The Hall–Kier alpha value is -2.18. The molecular formula is C14H13NO5. The van der Waals surface area contributed by atoms with E-state index in [-0.39, 0.29) is 11.5 Å². The van der Waals surface area contributed by atoms with Crippen LogP contribution in [0.1, 0.15) is 10.4 Å². The number of benzene rings is 1. The monoisotopic (exact) mass is 275 g/mol. The van der Waals surface area contributed by atoms with E-state index in [4.69, 9.17) is 9.47 Å². The van der Waals surface area contributed by atoms with E-state index in [1.54, 1.807) is 24.3 Å². The lowest BCUT2D eigenvalue weighted by Gasteiger charge is -2.17. The molecule has 1 aliphatic carbocycles. The number of rotatable bonds is 3. The van der Waals surface area contributed by atoms with E-state index < -0.39 is 24.2 Å². The lowest BCUT2D eigenvalue weighted by atomic mass is 10.0. The van der Waals surface area contributed by atoms with Gasteiger partial charge in [0.1, 0.15) is 24.1 Å². The van der Waals surface area contributed by atoms with Crippen molar-refractivity contribution >= 4 is 11.7 Å². The summed E-state index contributed by atoms with van der Waals surface area (Å²) in [5.74, 6) is -0.266. The summed E-state index contributed by atoms with van der Waals surface area (Å²) in [6.45, 7) is 0. The van der Waals surface area contributed by atoms with Gasteiger partial charge in [-0.1, -0.05) is 12.1 Å². The van der Waals surface area contributed by atoms with Gasteiger partial charge >= 0.3 is 0 Å². The molecule has 0 bridgehead atoms. The van der Waals surface area contributed by atoms with Crippen molar-refractivity contribution in [3.63, 3.8) is 0 Å². The highest BCUT2D eigenvalue weighted by molar-refractivity contribution is 6.01. The van der Waals surface area contributed by atoms with E-state index in [0.29, 0.717) is 11.3 Å². The fraction of sp³-hybridized carbons (Fsp3) is 0.286. The van der Waals surface area contributed by atoms with E-state index >= 15 is 0 Å². The van der Waals surface area contributed by atoms with E-state index in [0.717, 1.165) is 0 Å². The molecule has 6 nitrogen and oxygen atoms in total. The first-order valence-electron chi connectivity index (χ1n) is 6.15. The van der Waals surface area contributed by atoms with Gasteiger partial charge in [-0.05, 0) is 12.1 Å². The maximum atomic E-state index is 12.2. The Morgan fingerprint density at radius 1 is 1.40 bits per heavy atom. The van der Waals surface area contributed by atoms with Gasteiger partial charge in [-0.2, -0.15) is 0 Å².